The summed E-state index contributed by atoms with van der Waals surface area (Å²) in [5, 5.41) is 5.52. The largest absolute Gasteiger partial charge is 0.460 e. The second kappa shape index (κ2) is 11.4. The van der Waals surface area contributed by atoms with Gasteiger partial charge in [0.15, 0.2) is 0 Å². The van der Waals surface area contributed by atoms with Crippen molar-refractivity contribution in [3.8, 4) is 0 Å². The molecule has 2 N–H and O–H groups in total. The highest BCUT2D eigenvalue weighted by molar-refractivity contribution is 6.04. The summed E-state index contributed by atoms with van der Waals surface area (Å²) in [4.78, 5) is 39.5. The lowest BCUT2D eigenvalue weighted by molar-refractivity contribution is -0.140. The van der Waals surface area contributed by atoms with Crippen LogP contribution in [-0.4, -0.2) is 49.7 Å². The Balaban J connectivity index is 1.85. The number of carbonyl (C=O) groups is 3. The summed E-state index contributed by atoms with van der Waals surface area (Å²) in [6, 6.07) is 11.3. The molecule has 3 rings (SSSR count). The van der Waals surface area contributed by atoms with Crippen LogP contribution in [0.5, 0.6) is 0 Å². The van der Waals surface area contributed by atoms with Crippen molar-refractivity contribution in [3.63, 3.8) is 0 Å². The van der Waals surface area contributed by atoms with Crippen LogP contribution in [0, 0.1) is 5.82 Å². The summed E-state index contributed by atoms with van der Waals surface area (Å²) < 4.78 is 24.2. The van der Waals surface area contributed by atoms with Gasteiger partial charge in [-0.3, -0.25) is 9.69 Å². The van der Waals surface area contributed by atoms with Crippen LogP contribution in [-0.2, 0) is 14.3 Å². The van der Waals surface area contributed by atoms with Crippen molar-refractivity contribution in [3.05, 3.63) is 76.7 Å². The molecule has 8 nitrogen and oxygen atoms in total. The summed E-state index contributed by atoms with van der Waals surface area (Å²) in [6.45, 7) is 4.46. The minimum Gasteiger partial charge on any atom is -0.460 e. The van der Waals surface area contributed by atoms with E-state index in [-0.39, 0.29) is 24.8 Å². The Hall–Kier alpha value is -3.72. The maximum absolute atomic E-state index is 13.9. The number of ether oxygens (including phenoxy) is 2. The van der Waals surface area contributed by atoms with Crippen molar-refractivity contribution in [2.24, 2.45) is 0 Å². The minimum absolute atomic E-state index is 0.0678. The SMILES string of the molecule is CCCN1C(=O)NC(c2ccc(NC(=O)c3ccccc3F)cc2)C(C(=O)OCCOC)=C1C. The number of nitrogens with zero attached hydrogens (tertiary/aromatic N) is 1. The summed E-state index contributed by atoms with van der Waals surface area (Å²) in [7, 11) is 1.51. The third-order valence-electron chi connectivity index (χ3n) is 5.40. The Labute approximate surface area is 197 Å². The Morgan fingerprint density at radius 2 is 1.82 bits per heavy atom. The molecule has 0 aromatic heterocycles. The van der Waals surface area contributed by atoms with Crippen molar-refractivity contribution < 1.29 is 28.2 Å². The predicted molar refractivity (Wildman–Crippen MR) is 125 cm³/mol. The fourth-order valence-corrected chi connectivity index (χ4v) is 3.69. The van der Waals surface area contributed by atoms with Gasteiger partial charge in [0.1, 0.15) is 12.4 Å². The van der Waals surface area contributed by atoms with Gasteiger partial charge in [0.2, 0.25) is 0 Å². The number of hydrogen-bond donors (Lipinski definition) is 2. The number of hydrogen-bond acceptors (Lipinski definition) is 5. The number of halogens is 1. The van der Waals surface area contributed by atoms with E-state index >= 15 is 0 Å². The zero-order valence-electron chi connectivity index (χ0n) is 19.4. The van der Waals surface area contributed by atoms with Crippen LogP contribution >= 0.6 is 0 Å². The monoisotopic (exact) mass is 469 g/mol. The van der Waals surface area contributed by atoms with Gasteiger partial charge in [0.05, 0.1) is 23.8 Å². The Morgan fingerprint density at radius 1 is 1.12 bits per heavy atom. The van der Waals surface area contributed by atoms with Crippen molar-refractivity contribution in [1.82, 2.24) is 10.2 Å². The first kappa shape index (κ1) is 24.9. The Bertz CT molecular complexity index is 1080. The molecule has 3 amide bonds. The number of nitrogens with one attached hydrogen (secondary N) is 2. The van der Waals surface area contributed by atoms with Gasteiger partial charge < -0.3 is 20.1 Å². The number of allylic oxidation sites excluding steroid dienone is 1. The van der Waals surface area contributed by atoms with Gasteiger partial charge in [-0.1, -0.05) is 31.2 Å². The average molecular weight is 470 g/mol. The predicted octanol–water partition coefficient (Wildman–Crippen LogP) is 4.02. The molecule has 0 fully saturated rings. The number of carbonyl (C=O) groups excluding carboxylic acids is 3. The zero-order valence-corrected chi connectivity index (χ0v) is 19.4. The molecule has 0 bridgehead atoms. The average Bonchev–Trinajstić information content (AvgIpc) is 2.82. The summed E-state index contributed by atoms with van der Waals surface area (Å²) in [5.74, 6) is -1.74. The van der Waals surface area contributed by atoms with Crippen LogP contribution < -0.4 is 10.6 Å². The second-order valence-electron chi connectivity index (χ2n) is 7.72. The highest BCUT2D eigenvalue weighted by atomic mass is 19.1. The molecule has 0 spiro atoms. The van der Waals surface area contributed by atoms with Gasteiger partial charge in [-0.15, -0.1) is 0 Å². The van der Waals surface area contributed by atoms with E-state index in [4.69, 9.17) is 9.47 Å². The Morgan fingerprint density at radius 3 is 2.47 bits per heavy atom. The van der Waals surface area contributed by atoms with Crippen LogP contribution in [0.1, 0.15) is 42.2 Å². The van der Waals surface area contributed by atoms with Crippen molar-refractivity contribution in [2.75, 3.05) is 32.2 Å². The van der Waals surface area contributed by atoms with E-state index in [1.807, 2.05) is 6.92 Å². The van der Waals surface area contributed by atoms with E-state index in [1.165, 1.54) is 30.2 Å². The molecule has 1 aliphatic rings. The van der Waals surface area contributed by atoms with Crippen molar-refractivity contribution in [2.45, 2.75) is 26.3 Å². The molecule has 0 radical (unpaired) electrons. The number of urea groups is 1. The quantitative estimate of drug-likeness (QED) is 0.427. The number of esters is 1. The van der Waals surface area contributed by atoms with Crippen molar-refractivity contribution >= 4 is 23.6 Å². The van der Waals surface area contributed by atoms with E-state index in [0.717, 1.165) is 6.42 Å². The number of amides is 3. The summed E-state index contributed by atoms with van der Waals surface area (Å²) in [6.07, 6.45) is 0.720. The van der Waals surface area contributed by atoms with Gasteiger partial charge in [-0.2, -0.15) is 0 Å². The molecule has 1 atom stereocenters. The number of rotatable bonds is 9. The molecule has 2 aromatic rings. The number of benzene rings is 2. The van der Waals surface area contributed by atoms with Gasteiger partial charge in [0, 0.05) is 25.0 Å². The first-order valence-corrected chi connectivity index (χ1v) is 11.0. The third-order valence-corrected chi connectivity index (χ3v) is 5.40. The summed E-state index contributed by atoms with van der Waals surface area (Å²) >= 11 is 0. The zero-order chi connectivity index (χ0) is 24.7. The fraction of sp³-hybridized carbons (Fsp3) is 0.320. The van der Waals surface area contributed by atoms with Crippen LogP contribution in [0.2, 0.25) is 0 Å². The first-order valence-electron chi connectivity index (χ1n) is 11.0. The molecule has 9 heteroatoms. The molecule has 2 aromatic carbocycles. The van der Waals surface area contributed by atoms with E-state index < -0.39 is 23.7 Å². The Kier molecular flexibility index (Phi) is 8.37. The molecule has 0 saturated carbocycles. The highest BCUT2D eigenvalue weighted by Gasteiger charge is 2.36. The maximum atomic E-state index is 13.9. The van der Waals surface area contributed by atoms with Crippen LogP contribution in [0.3, 0.4) is 0 Å². The molecule has 1 heterocycles. The van der Waals surface area contributed by atoms with Crippen molar-refractivity contribution in [1.29, 1.82) is 0 Å². The lowest BCUT2D eigenvalue weighted by atomic mass is 9.94. The normalized spacial score (nSPS) is 15.7. The standard InChI is InChI=1S/C25H28FN3O5/c1-4-13-29-16(2)21(24(31)34-15-14-33-3)22(28-25(29)32)17-9-11-18(12-10-17)27-23(30)19-7-5-6-8-20(19)26/h5-12,22H,4,13-15H2,1-3H3,(H,27,30)(H,28,32). The van der Waals surface area contributed by atoms with Gasteiger partial charge in [0.25, 0.3) is 5.91 Å². The summed E-state index contributed by atoms with van der Waals surface area (Å²) in [5.41, 5.74) is 1.85. The molecule has 34 heavy (non-hydrogen) atoms. The molecular weight excluding hydrogens is 441 g/mol. The molecule has 1 unspecified atom stereocenters. The third kappa shape index (κ3) is 5.60. The molecular formula is C25H28FN3O5. The van der Waals surface area contributed by atoms with Crippen LogP contribution in [0.25, 0.3) is 0 Å². The van der Waals surface area contributed by atoms with Gasteiger partial charge >= 0.3 is 12.0 Å². The molecule has 1 aliphatic heterocycles. The van der Waals surface area contributed by atoms with Gasteiger partial charge in [-0.25, -0.2) is 14.0 Å². The second-order valence-corrected chi connectivity index (χ2v) is 7.72. The highest BCUT2D eigenvalue weighted by Crippen LogP contribution is 2.32. The number of methoxy groups -OCH3 is 1. The number of anilines is 1. The molecule has 0 saturated heterocycles. The first-order chi connectivity index (χ1) is 16.4. The molecule has 0 aliphatic carbocycles. The van der Waals surface area contributed by atoms with E-state index in [2.05, 4.69) is 10.6 Å². The van der Waals surface area contributed by atoms with Gasteiger partial charge in [-0.05, 0) is 43.2 Å². The van der Waals surface area contributed by atoms with E-state index in [0.29, 0.717) is 29.1 Å². The fourth-order valence-electron chi connectivity index (χ4n) is 3.69. The van der Waals surface area contributed by atoms with Crippen LogP contribution in [0.4, 0.5) is 14.9 Å². The topological polar surface area (TPSA) is 97.0 Å². The lowest BCUT2D eigenvalue weighted by Gasteiger charge is -2.35. The minimum atomic E-state index is -0.730. The molecule has 180 valence electrons. The van der Waals surface area contributed by atoms with E-state index in [9.17, 15) is 18.8 Å². The maximum Gasteiger partial charge on any atom is 0.338 e. The lowest BCUT2D eigenvalue weighted by Crippen LogP contribution is -2.48. The smallest absolute Gasteiger partial charge is 0.338 e. The van der Waals surface area contributed by atoms with Crippen LogP contribution in [0.15, 0.2) is 59.8 Å². The van der Waals surface area contributed by atoms with E-state index in [1.54, 1.807) is 37.3 Å².